The quantitative estimate of drug-likeness (QED) is 0.242. The van der Waals surface area contributed by atoms with Crippen molar-refractivity contribution in [1.82, 2.24) is 19.2 Å². The maximum absolute atomic E-state index is 4.46. The summed E-state index contributed by atoms with van der Waals surface area (Å²) in [5.41, 5.74) is 4.31. The van der Waals surface area contributed by atoms with Gasteiger partial charge in [-0.3, -0.25) is 0 Å². The second-order valence-electron chi connectivity index (χ2n) is 6.33. The van der Waals surface area contributed by atoms with Gasteiger partial charge in [-0.1, -0.05) is 36.4 Å². The summed E-state index contributed by atoms with van der Waals surface area (Å²) in [6.45, 7) is 0. The monoisotopic (exact) mass is 492 g/mol. The van der Waals surface area contributed by atoms with E-state index >= 15 is 0 Å². The van der Waals surface area contributed by atoms with Crippen molar-refractivity contribution in [2.75, 3.05) is 0 Å². The first-order valence-electron chi connectivity index (χ1n) is 8.75. The molecule has 0 aliphatic heterocycles. The van der Waals surface area contributed by atoms with Crippen LogP contribution in [0.15, 0.2) is 94.1 Å². The average molecular weight is 494 g/mol. The van der Waals surface area contributed by atoms with Crippen molar-refractivity contribution in [2.24, 2.45) is 0 Å². The third kappa shape index (κ3) is 2.89. The predicted molar refractivity (Wildman–Crippen MR) is 121 cm³/mol. The highest BCUT2D eigenvalue weighted by molar-refractivity contribution is 9.11. The van der Waals surface area contributed by atoms with Crippen molar-refractivity contribution in [3.63, 3.8) is 0 Å². The summed E-state index contributed by atoms with van der Waals surface area (Å²) in [6, 6.07) is 24.3. The van der Waals surface area contributed by atoms with Gasteiger partial charge >= 0.3 is 0 Å². The lowest BCUT2D eigenvalue weighted by Gasteiger charge is -1.94. The van der Waals surface area contributed by atoms with Crippen LogP contribution in [0, 0.1) is 0 Å². The van der Waals surface area contributed by atoms with Crippen LogP contribution in [0.3, 0.4) is 0 Å². The standard InChI is InChI=1S/2C11H7BrN2/c2*12-9-5-3-7-14-11(9)8-4-1-2-6-10(8)13-14/h2*1-7H. The largest absolute Gasteiger partial charge is 0.239 e. The third-order valence-corrected chi connectivity index (χ3v) is 5.88. The van der Waals surface area contributed by atoms with E-state index in [0.29, 0.717) is 0 Å². The van der Waals surface area contributed by atoms with Crippen molar-refractivity contribution < 1.29 is 0 Å². The number of hydrogen-bond acceptors (Lipinski definition) is 2. The summed E-state index contributed by atoms with van der Waals surface area (Å²) in [5, 5.41) is 11.3. The first kappa shape index (κ1) is 17.4. The van der Waals surface area contributed by atoms with E-state index in [1.165, 1.54) is 10.8 Å². The van der Waals surface area contributed by atoms with Gasteiger partial charge in [0.15, 0.2) is 0 Å². The zero-order valence-corrected chi connectivity index (χ0v) is 17.8. The molecule has 0 aliphatic carbocycles. The van der Waals surface area contributed by atoms with Crippen molar-refractivity contribution >= 4 is 64.7 Å². The van der Waals surface area contributed by atoms with E-state index in [2.05, 4.69) is 54.2 Å². The maximum Gasteiger partial charge on any atom is 0.0934 e. The molecule has 0 N–H and O–H groups in total. The average Bonchev–Trinajstić information content (AvgIpc) is 3.28. The lowest BCUT2D eigenvalue weighted by molar-refractivity contribution is 0.979. The van der Waals surface area contributed by atoms with E-state index < -0.39 is 0 Å². The number of benzene rings is 2. The molecule has 0 bridgehead atoms. The number of pyridine rings is 2. The fourth-order valence-corrected chi connectivity index (χ4v) is 4.46. The lowest BCUT2D eigenvalue weighted by atomic mass is 10.2. The van der Waals surface area contributed by atoms with Gasteiger partial charge < -0.3 is 0 Å². The Kier molecular flexibility index (Phi) is 4.37. The molecule has 0 aliphatic rings. The highest BCUT2D eigenvalue weighted by atomic mass is 79.9. The molecule has 2 aromatic carbocycles. The van der Waals surface area contributed by atoms with Gasteiger partial charge in [-0.15, -0.1) is 0 Å². The molecule has 0 fully saturated rings. The summed E-state index contributed by atoms with van der Waals surface area (Å²) in [4.78, 5) is 0. The Labute approximate surface area is 177 Å². The molecule has 6 rings (SSSR count). The molecule has 0 saturated carbocycles. The molecule has 4 heterocycles. The van der Waals surface area contributed by atoms with E-state index in [1.807, 2.05) is 82.1 Å². The molecule has 0 radical (unpaired) electrons. The molecular weight excluding hydrogens is 480 g/mol. The molecule has 0 amide bonds. The number of fused-ring (bicyclic) bond motifs is 6. The lowest BCUT2D eigenvalue weighted by Crippen LogP contribution is -1.84. The van der Waals surface area contributed by atoms with Gasteiger partial charge in [0.05, 0.1) is 22.1 Å². The van der Waals surface area contributed by atoms with Gasteiger partial charge in [-0.05, 0) is 68.3 Å². The number of aromatic nitrogens is 4. The minimum Gasteiger partial charge on any atom is -0.239 e. The second kappa shape index (κ2) is 7.04. The highest BCUT2D eigenvalue weighted by Gasteiger charge is 2.06. The number of halogens is 2. The first-order valence-corrected chi connectivity index (χ1v) is 10.3. The van der Waals surface area contributed by atoms with Crippen LogP contribution in [0.1, 0.15) is 0 Å². The summed E-state index contributed by atoms with van der Waals surface area (Å²) < 4.78 is 5.95. The molecule has 6 aromatic rings. The molecule has 0 spiro atoms. The zero-order valence-electron chi connectivity index (χ0n) is 14.6. The van der Waals surface area contributed by atoms with Gasteiger partial charge in [0, 0.05) is 32.1 Å². The molecule has 0 saturated heterocycles. The molecule has 136 valence electrons. The summed E-state index contributed by atoms with van der Waals surface area (Å²) in [7, 11) is 0. The van der Waals surface area contributed by atoms with Crippen LogP contribution < -0.4 is 0 Å². The minimum absolute atomic E-state index is 1.03. The van der Waals surface area contributed by atoms with E-state index in [0.717, 1.165) is 31.0 Å². The normalized spacial score (nSPS) is 11.2. The fourth-order valence-electron chi connectivity index (χ4n) is 3.37. The molecule has 28 heavy (non-hydrogen) atoms. The smallest absolute Gasteiger partial charge is 0.0934 e. The van der Waals surface area contributed by atoms with Crippen molar-refractivity contribution in [3.8, 4) is 0 Å². The van der Waals surface area contributed by atoms with E-state index in [1.54, 1.807) is 0 Å². The topological polar surface area (TPSA) is 34.6 Å². The summed E-state index contributed by atoms with van der Waals surface area (Å²) >= 11 is 7.07. The molecule has 0 unspecified atom stereocenters. The molecule has 4 nitrogen and oxygen atoms in total. The van der Waals surface area contributed by atoms with Crippen LogP contribution in [0.4, 0.5) is 0 Å². The van der Waals surface area contributed by atoms with Crippen LogP contribution in [0.2, 0.25) is 0 Å². The van der Waals surface area contributed by atoms with Crippen LogP contribution >= 0.6 is 31.9 Å². The third-order valence-electron chi connectivity index (χ3n) is 4.60. The van der Waals surface area contributed by atoms with Crippen molar-refractivity contribution in [3.05, 3.63) is 94.1 Å². The SMILES string of the molecule is Brc1cccn2nc3ccccc3c12.Brc1cccn2nc3ccccc3c12. The van der Waals surface area contributed by atoms with Crippen LogP contribution in [-0.4, -0.2) is 19.2 Å². The first-order chi connectivity index (χ1) is 13.7. The summed E-state index contributed by atoms with van der Waals surface area (Å²) in [5.74, 6) is 0. The van der Waals surface area contributed by atoms with Gasteiger partial charge in [0.25, 0.3) is 0 Å². The van der Waals surface area contributed by atoms with Crippen LogP contribution in [0.25, 0.3) is 32.8 Å². The minimum atomic E-state index is 1.03. The van der Waals surface area contributed by atoms with Crippen molar-refractivity contribution in [2.45, 2.75) is 0 Å². The van der Waals surface area contributed by atoms with E-state index in [9.17, 15) is 0 Å². The number of hydrogen-bond donors (Lipinski definition) is 0. The van der Waals surface area contributed by atoms with Crippen molar-refractivity contribution in [1.29, 1.82) is 0 Å². The molecule has 6 heteroatoms. The summed E-state index contributed by atoms with van der Waals surface area (Å²) in [6.07, 6.45) is 3.92. The Morgan fingerprint density at radius 2 is 0.964 bits per heavy atom. The van der Waals surface area contributed by atoms with Crippen LogP contribution in [-0.2, 0) is 0 Å². The van der Waals surface area contributed by atoms with E-state index in [4.69, 9.17) is 0 Å². The zero-order chi connectivity index (χ0) is 19.1. The van der Waals surface area contributed by atoms with Gasteiger partial charge in [-0.2, -0.15) is 10.2 Å². The van der Waals surface area contributed by atoms with Gasteiger partial charge in [-0.25, -0.2) is 9.03 Å². The second-order valence-corrected chi connectivity index (χ2v) is 8.04. The van der Waals surface area contributed by atoms with Gasteiger partial charge in [0.1, 0.15) is 0 Å². The molecular formula is C22H14Br2N4. The maximum atomic E-state index is 4.46. The fraction of sp³-hybridized carbons (Fsp3) is 0. The Hall–Kier alpha value is -2.70. The van der Waals surface area contributed by atoms with E-state index in [-0.39, 0.29) is 0 Å². The number of rotatable bonds is 0. The van der Waals surface area contributed by atoms with Gasteiger partial charge in [0.2, 0.25) is 0 Å². The predicted octanol–water partition coefficient (Wildman–Crippen LogP) is 6.50. The van der Waals surface area contributed by atoms with Crippen LogP contribution in [0.5, 0.6) is 0 Å². The Balaban J connectivity index is 0.000000122. The Morgan fingerprint density at radius 1 is 0.536 bits per heavy atom. The molecule has 4 aromatic heterocycles. The molecule has 0 atom stereocenters. The Morgan fingerprint density at radius 3 is 1.43 bits per heavy atom. The number of nitrogens with zero attached hydrogens (tertiary/aromatic N) is 4. The Bertz CT molecular complexity index is 1340. The highest BCUT2D eigenvalue weighted by Crippen LogP contribution is 2.26.